The normalized spacial score (nSPS) is 14.8. The molecule has 2 aromatic rings. The average molecular weight is 694 g/mol. The van der Waals surface area contributed by atoms with E-state index in [0.29, 0.717) is 4.73 Å². The number of rotatable bonds is 13. The highest BCUT2D eigenvalue weighted by Crippen LogP contribution is 2.39. The number of carbonyl (C=O) groups excluding carboxylic acids is 3. The Bertz CT molecular complexity index is 1380. The zero-order valence-electron chi connectivity index (χ0n) is 25.7. The van der Waals surface area contributed by atoms with E-state index in [2.05, 4.69) is 10.1 Å². The van der Waals surface area contributed by atoms with E-state index in [1.54, 1.807) is 34.6 Å². The van der Waals surface area contributed by atoms with Crippen LogP contribution in [0.4, 0.5) is 13.6 Å². The number of esters is 1. The highest BCUT2D eigenvalue weighted by molar-refractivity contribution is 8.14. The Morgan fingerprint density at radius 3 is 2.24 bits per heavy atom. The van der Waals surface area contributed by atoms with Crippen molar-refractivity contribution in [1.82, 2.24) is 5.32 Å². The monoisotopic (exact) mass is 692 g/mol. The van der Waals surface area contributed by atoms with E-state index in [9.17, 15) is 28.4 Å². The van der Waals surface area contributed by atoms with Gasteiger partial charge in [-0.3, -0.25) is 4.79 Å². The van der Waals surface area contributed by atoms with Crippen LogP contribution in [0.3, 0.4) is 0 Å². The molecule has 1 aromatic heterocycles. The molecule has 0 aliphatic heterocycles. The molecule has 15 heteroatoms. The van der Waals surface area contributed by atoms with E-state index < -0.39 is 41.2 Å². The topological polar surface area (TPSA) is 127 Å². The van der Waals surface area contributed by atoms with Crippen molar-refractivity contribution in [3.63, 3.8) is 0 Å². The second-order valence-electron chi connectivity index (χ2n) is 12.0. The fraction of sp³-hybridized carbons (Fsp3) is 0.533. The molecule has 1 amide bonds. The van der Waals surface area contributed by atoms with Gasteiger partial charge in [-0.1, -0.05) is 41.0 Å². The molecule has 1 saturated carbocycles. The van der Waals surface area contributed by atoms with E-state index in [4.69, 9.17) is 37.4 Å². The van der Waals surface area contributed by atoms with Crippen LogP contribution < -0.4 is 19.5 Å². The van der Waals surface area contributed by atoms with Crippen molar-refractivity contribution < 1.29 is 46.8 Å². The standard InChI is InChI=1S/C30H36Cl2F2N2O8S/c1-16(37)45-30(5,6)25(35-28(39)44-29(2,3)4)26(38)42-23(12-19-20(31)13-36(40)14-21(19)32)18-9-10-22(43-27(33)34)24(11-18)41-15-17-7-8-17/h9-11,13-14,17,23,25,27H,7-8,12,15H2,1-6H3,(H,35,39)/t23-,25?/m0/s1. The Labute approximate surface area is 274 Å². The number of benzene rings is 1. The molecule has 0 bridgehead atoms. The molecule has 3 rings (SSSR count). The number of halogens is 4. The second kappa shape index (κ2) is 15.0. The van der Waals surface area contributed by atoms with Gasteiger partial charge in [0.1, 0.15) is 27.8 Å². The molecule has 1 aliphatic carbocycles. The van der Waals surface area contributed by atoms with Gasteiger partial charge in [0.25, 0.3) is 0 Å². The smallest absolute Gasteiger partial charge is 0.408 e. The fourth-order valence-electron chi connectivity index (χ4n) is 4.24. The van der Waals surface area contributed by atoms with Crippen molar-refractivity contribution in [3.05, 3.63) is 57.0 Å². The van der Waals surface area contributed by atoms with Crippen LogP contribution in [0.15, 0.2) is 30.6 Å². The maximum atomic E-state index is 13.9. The van der Waals surface area contributed by atoms with Crippen molar-refractivity contribution in [2.24, 2.45) is 5.92 Å². The first-order valence-corrected chi connectivity index (χ1v) is 15.6. The van der Waals surface area contributed by atoms with Crippen molar-refractivity contribution in [2.75, 3.05) is 6.61 Å². The SMILES string of the molecule is CC(=O)SC(C)(C)C(NC(=O)OC(C)(C)C)C(=O)O[C@@H](Cc1c(Cl)c[n+]([O-])cc1Cl)c1ccc(OC(F)F)c(OCC2CC2)c1. The maximum absolute atomic E-state index is 13.9. The van der Waals surface area contributed by atoms with E-state index in [1.807, 2.05) is 0 Å². The Balaban J connectivity index is 2.05. The first-order valence-electron chi connectivity index (χ1n) is 14.0. The van der Waals surface area contributed by atoms with Crippen LogP contribution in [0.25, 0.3) is 0 Å². The average Bonchev–Trinajstić information content (AvgIpc) is 3.70. The fourth-order valence-corrected chi connectivity index (χ4v) is 5.85. The number of hydrogen-bond acceptors (Lipinski definition) is 9. The summed E-state index contributed by atoms with van der Waals surface area (Å²) in [6.07, 6.45) is 1.75. The number of aromatic nitrogens is 1. The molecular weight excluding hydrogens is 657 g/mol. The zero-order valence-corrected chi connectivity index (χ0v) is 28.0. The minimum absolute atomic E-state index is 0.000649. The second-order valence-corrected chi connectivity index (χ2v) is 14.7. The number of thioether (sulfide) groups is 1. The largest absolute Gasteiger partial charge is 0.619 e. The number of alkyl halides is 2. The summed E-state index contributed by atoms with van der Waals surface area (Å²) in [6.45, 7) is 6.57. The van der Waals surface area contributed by atoms with Crippen molar-refractivity contribution in [2.45, 2.75) is 89.9 Å². The van der Waals surface area contributed by atoms with E-state index in [0.717, 1.165) is 37.0 Å². The van der Waals surface area contributed by atoms with Gasteiger partial charge in [-0.15, -0.1) is 0 Å². The van der Waals surface area contributed by atoms with Gasteiger partial charge in [-0.2, -0.15) is 13.5 Å². The zero-order chi connectivity index (χ0) is 33.7. The van der Waals surface area contributed by atoms with Crippen molar-refractivity contribution in [1.29, 1.82) is 0 Å². The van der Waals surface area contributed by atoms with Crippen molar-refractivity contribution >= 4 is 52.1 Å². The van der Waals surface area contributed by atoms with Crippen LogP contribution in [0, 0.1) is 11.1 Å². The van der Waals surface area contributed by atoms with Crippen LogP contribution in [-0.2, 0) is 25.5 Å². The van der Waals surface area contributed by atoms with Crippen molar-refractivity contribution in [3.8, 4) is 11.5 Å². The maximum Gasteiger partial charge on any atom is 0.408 e. The highest BCUT2D eigenvalue weighted by Gasteiger charge is 2.42. The number of nitrogens with zero attached hydrogens (tertiary/aromatic N) is 1. The van der Waals surface area contributed by atoms with Gasteiger partial charge >= 0.3 is 18.7 Å². The number of carbonyl (C=O) groups is 3. The van der Waals surface area contributed by atoms with Gasteiger partial charge in [0.15, 0.2) is 29.0 Å². The summed E-state index contributed by atoms with van der Waals surface area (Å²) in [4.78, 5) is 38.8. The Hall–Kier alpha value is -3.03. The van der Waals surface area contributed by atoms with Crippen LogP contribution >= 0.6 is 35.0 Å². The lowest BCUT2D eigenvalue weighted by Gasteiger charge is -2.33. The summed E-state index contributed by atoms with van der Waals surface area (Å²) in [5.74, 6) is -0.881. The third-order valence-electron chi connectivity index (χ3n) is 6.43. The lowest BCUT2D eigenvalue weighted by molar-refractivity contribution is -0.605. The highest BCUT2D eigenvalue weighted by atomic mass is 35.5. The number of pyridine rings is 1. The molecule has 1 aliphatic rings. The van der Waals surface area contributed by atoms with Gasteiger partial charge in [0.05, 0.1) is 6.61 Å². The molecule has 0 radical (unpaired) electrons. The number of amides is 1. The molecule has 0 spiro atoms. The molecule has 1 N–H and O–H groups in total. The molecule has 10 nitrogen and oxygen atoms in total. The molecule has 1 heterocycles. The minimum atomic E-state index is -3.12. The number of hydrogen-bond donors (Lipinski definition) is 1. The first kappa shape index (κ1) is 36.4. The van der Waals surface area contributed by atoms with E-state index in [-0.39, 0.29) is 56.7 Å². The lowest BCUT2D eigenvalue weighted by atomic mass is 10.00. The Morgan fingerprint density at radius 2 is 1.71 bits per heavy atom. The van der Waals surface area contributed by atoms with Crippen LogP contribution in [0.1, 0.15) is 71.6 Å². The predicted molar refractivity (Wildman–Crippen MR) is 165 cm³/mol. The minimum Gasteiger partial charge on any atom is -0.619 e. The van der Waals surface area contributed by atoms with Crippen LogP contribution in [-0.4, -0.2) is 46.8 Å². The molecule has 1 aromatic carbocycles. The number of ether oxygens (including phenoxy) is 4. The van der Waals surface area contributed by atoms with Gasteiger partial charge in [0, 0.05) is 23.7 Å². The van der Waals surface area contributed by atoms with Crippen LogP contribution in [0.2, 0.25) is 10.0 Å². The number of alkyl carbamates (subject to hydrolysis) is 1. The molecular formula is C30H36Cl2F2N2O8S. The molecule has 248 valence electrons. The summed E-state index contributed by atoms with van der Waals surface area (Å²) in [5, 5.41) is 14.0. The third-order valence-corrected chi connectivity index (χ3v) is 8.13. The molecule has 45 heavy (non-hydrogen) atoms. The molecule has 1 fully saturated rings. The van der Waals surface area contributed by atoms with Gasteiger partial charge < -0.3 is 29.5 Å². The van der Waals surface area contributed by atoms with Gasteiger partial charge in [0.2, 0.25) is 0 Å². The van der Waals surface area contributed by atoms with Gasteiger partial charge in [-0.05, 0) is 71.1 Å². The number of nitrogens with one attached hydrogen (secondary N) is 1. The van der Waals surface area contributed by atoms with E-state index in [1.165, 1.54) is 25.1 Å². The first-order chi connectivity index (χ1) is 20.8. The molecule has 2 atom stereocenters. The quantitative estimate of drug-likeness (QED) is 0.137. The molecule has 0 saturated heterocycles. The summed E-state index contributed by atoms with van der Waals surface area (Å²) in [6, 6.07) is 2.67. The Morgan fingerprint density at radius 1 is 1.09 bits per heavy atom. The Kier molecular flexibility index (Phi) is 12.2. The van der Waals surface area contributed by atoms with E-state index >= 15 is 0 Å². The van der Waals surface area contributed by atoms with Crippen LogP contribution in [0.5, 0.6) is 11.5 Å². The molecule has 1 unspecified atom stereocenters. The summed E-state index contributed by atoms with van der Waals surface area (Å²) >= 11 is 13.5. The summed E-state index contributed by atoms with van der Waals surface area (Å²) in [7, 11) is 0. The lowest BCUT2D eigenvalue weighted by Crippen LogP contribution is -2.54. The van der Waals surface area contributed by atoms with Gasteiger partial charge in [-0.25, -0.2) is 9.59 Å². The summed E-state index contributed by atoms with van der Waals surface area (Å²) < 4.78 is 47.3. The third kappa shape index (κ3) is 11.4. The summed E-state index contributed by atoms with van der Waals surface area (Å²) in [5.41, 5.74) is -0.350. The predicted octanol–water partition coefficient (Wildman–Crippen LogP) is 6.80.